The Morgan fingerprint density at radius 3 is 2.40 bits per heavy atom. The lowest BCUT2D eigenvalue weighted by molar-refractivity contribution is -0.119. The van der Waals surface area contributed by atoms with Gasteiger partial charge >= 0.3 is 0 Å². The topological polar surface area (TPSA) is 75.7 Å². The third-order valence-electron chi connectivity index (χ3n) is 7.96. The van der Waals surface area contributed by atoms with Crippen molar-refractivity contribution in [3.63, 3.8) is 0 Å². The smallest absolute Gasteiger partial charge is 0.264 e. The van der Waals surface area contributed by atoms with E-state index in [2.05, 4.69) is 39.2 Å². The van der Waals surface area contributed by atoms with Crippen molar-refractivity contribution in [3.8, 4) is 0 Å². The lowest BCUT2D eigenvalue weighted by Crippen LogP contribution is -2.50. The summed E-state index contributed by atoms with van der Waals surface area (Å²) in [5.41, 5.74) is 2.53. The van der Waals surface area contributed by atoms with Gasteiger partial charge in [-0.2, -0.15) is 0 Å². The summed E-state index contributed by atoms with van der Waals surface area (Å²) in [6, 6.07) is 14.1. The molecule has 0 aliphatic carbocycles. The summed E-state index contributed by atoms with van der Waals surface area (Å²) in [6.07, 6.45) is 1.69. The Labute approximate surface area is 211 Å². The molecule has 0 bridgehead atoms. The van der Waals surface area contributed by atoms with Gasteiger partial charge in [-0.3, -0.25) is 9.10 Å². The minimum absolute atomic E-state index is 0.0214. The Balaban J connectivity index is 1.69. The maximum atomic E-state index is 14.1. The largest absolute Gasteiger partial charge is 0.417 e. The number of anilines is 1. The third kappa shape index (κ3) is 4.93. The van der Waals surface area contributed by atoms with E-state index < -0.39 is 18.3 Å². The number of rotatable bonds is 7. The maximum absolute atomic E-state index is 14.1. The van der Waals surface area contributed by atoms with Gasteiger partial charge in [-0.1, -0.05) is 56.7 Å². The number of hydrogen-bond acceptors (Lipinski definition) is 4. The molecule has 2 aromatic carbocycles. The van der Waals surface area contributed by atoms with Gasteiger partial charge in [0, 0.05) is 18.9 Å². The van der Waals surface area contributed by atoms with Crippen LogP contribution < -0.4 is 9.62 Å². The van der Waals surface area contributed by atoms with Crippen LogP contribution in [0, 0.1) is 12.8 Å². The Hall–Kier alpha value is -2.16. The number of amides is 1. The SMILES string of the molecule is Cc1ccc(S(=O)(=O)N2c3ccccc3[C@H]3NC(=O)C[C@@H]3[C@H]2CCCO[Si](C)(C)C(C)(C)C)cc1. The number of para-hydroxylation sites is 1. The highest BCUT2D eigenvalue weighted by Gasteiger charge is 2.49. The van der Waals surface area contributed by atoms with E-state index in [0.717, 1.165) is 17.5 Å². The molecule has 0 spiro atoms. The van der Waals surface area contributed by atoms with Crippen LogP contribution in [0.2, 0.25) is 18.1 Å². The monoisotopic (exact) mass is 514 g/mol. The Bertz CT molecular complexity index is 1190. The van der Waals surface area contributed by atoms with Crippen LogP contribution in [0.25, 0.3) is 0 Å². The van der Waals surface area contributed by atoms with Crippen LogP contribution in [0.5, 0.6) is 0 Å². The van der Waals surface area contributed by atoms with Crippen LogP contribution in [0.3, 0.4) is 0 Å². The molecule has 1 fully saturated rings. The summed E-state index contributed by atoms with van der Waals surface area (Å²) in [6.45, 7) is 13.6. The fourth-order valence-corrected chi connectivity index (χ4v) is 7.78. The van der Waals surface area contributed by atoms with Crippen molar-refractivity contribution in [2.75, 3.05) is 10.9 Å². The highest BCUT2D eigenvalue weighted by atomic mass is 32.2. The normalized spacial score (nSPS) is 22.5. The molecule has 4 rings (SSSR count). The van der Waals surface area contributed by atoms with Crippen molar-refractivity contribution in [1.29, 1.82) is 0 Å². The molecule has 0 saturated carbocycles. The van der Waals surface area contributed by atoms with Gasteiger partial charge in [0.05, 0.1) is 22.7 Å². The number of benzene rings is 2. The first-order valence-corrected chi connectivity index (χ1v) is 16.8. The van der Waals surface area contributed by atoms with Gasteiger partial charge in [0.2, 0.25) is 5.91 Å². The molecule has 1 N–H and O–H groups in total. The zero-order valence-corrected chi connectivity index (χ0v) is 23.5. The molecule has 0 aromatic heterocycles. The van der Waals surface area contributed by atoms with Crippen LogP contribution in [0.4, 0.5) is 5.69 Å². The van der Waals surface area contributed by atoms with Gasteiger partial charge in [-0.05, 0) is 61.7 Å². The second-order valence-electron chi connectivity index (χ2n) is 11.4. The molecular weight excluding hydrogens is 476 g/mol. The van der Waals surface area contributed by atoms with Crippen molar-refractivity contribution in [2.45, 2.75) is 82.1 Å². The molecule has 3 atom stereocenters. The quantitative estimate of drug-likeness (QED) is 0.388. The first kappa shape index (κ1) is 25.9. The minimum Gasteiger partial charge on any atom is -0.417 e. The number of aryl methyl sites for hydroxylation is 1. The second-order valence-corrected chi connectivity index (χ2v) is 18.0. The molecule has 1 saturated heterocycles. The van der Waals surface area contributed by atoms with E-state index in [1.54, 1.807) is 16.4 Å². The zero-order valence-electron chi connectivity index (χ0n) is 21.7. The average molecular weight is 515 g/mol. The van der Waals surface area contributed by atoms with Crippen molar-refractivity contribution < 1.29 is 17.6 Å². The van der Waals surface area contributed by atoms with E-state index in [9.17, 15) is 13.2 Å². The summed E-state index contributed by atoms with van der Waals surface area (Å²) in [4.78, 5) is 12.8. The van der Waals surface area contributed by atoms with Crippen molar-refractivity contribution >= 4 is 29.9 Å². The molecule has 190 valence electrons. The zero-order chi connectivity index (χ0) is 25.6. The fraction of sp³-hybridized carbons (Fsp3) is 0.519. The number of carbonyl (C=O) groups excluding carboxylic acids is 1. The molecule has 0 radical (unpaired) electrons. The van der Waals surface area contributed by atoms with E-state index >= 15 is 0 Å². The molecule has 8 heteroatoms. The van der Waals surface area contributed by atoms with E-state index in [1.165, 1.54) is 0 Å². The number of carbonyl (C=O) groups is 1. The first-order valence-electron chi connectivity index (χ1n) is 12.5. The van der Waals surface area contributed by atoms with Crippen LogP contribution in [0.1, 0.15) is 57.2 Å². The van der Waals surface area contributed by atoms with E-state index in [1.807, 2.05) is 43.3 Å². The third-order valence-corrected chi connectivity index (χ3v) is 14.4. The molecule has 0 unspecified atom stereocenters. The van der Waals surface area contributed by atoms with Crippen molar-refractivity contribution in [2.24, 2.45) is 5.92 Å². The van der Waals surface area contributed by atoms with Gasteiger partial charge in [-0.15, -0.1) is 0 Å². The number of hydrogen-bond donors (Lipinski definition) is 1. The summed E-state index contributed by atoms with van der Waals surface area (Å²) in [7, 11) is -5.72. The second kappa shape index (κ2) is 9.37. The Morgan fingerprint density at radius 1 is 1.09 bits per heavy atom. The Kier molecular flexibility index (Phi) is 6.94. The number of nitrogens with zero attached hydrogens (tertiary/aromatic N) is 1. The standard InChI is InChI=1S/C27H38N2O4SSi/c1-19-13-15-20(16-14-19)34(31,32)29-23-11-8-7-10-21(23)26-22(18-25(30)28-26)24(29)12-9-17-33-35(5,6)27(2,3)4/h7-8,10-11,13-16,22,24,26H,9,12,17-18H2,1-6H3,(H,28,30)/t22-,24-,26-/m1/s1. The van der Waals surface area contributed by atoms with E-state index in [4.69, 9.17) is 4.43 Å². The molecular formula is C27H38N2O4SSi. The molecule has 6 nitrogen and oxygen atoms in total. The van der Waals surface area contributed by atoms with E-state index in [-0.39, 0.29) is 33.8 Å². The van der Waals surface area contributed by atoms with Crippen LogP contribution in [-0.2, 0) is 19.2 Å². The minimum atomic E-state index is -3.82. The fourth-order valence-electron chi connectivity index (χ4n) is 4.94. The summed E-state index contributed by atoms with van der Waals surface area (Å²) >= 11 is 0. The predicted octanol–water partition coefficient (Wildman–Crippen LogP) is 5.55. The summed E-state index contributed by atoms with van der Waals surface area (Å²) in [5, 5.41) is 3.23. The summed E-state index contributed by atoms with van der Waals surface area (Å²) in [5.74, 6) is -0.141. The first-order chi connectivity index (χ1) is 16.3. The van der Waals surface area contributed by atoms with Gasteiger partial charge in [0.25, 0.3) is 10.0 Å². The lowest BCUT2D eigenvalue weighted by atomic mass is 9.81. The van der Waals surface area contributed by atoms with Crippen molar-refractivity contribution in [1.82, 2.24) is 5.32 Å². The van der Waals surface area contributed by atoms with Gasteiger partial charge in [0.1, 0.15) is 0 Å². The van der Waals surface area contributed by atoms with Crippen LogP contribution >= 0.6 is 0 Å². The molecule has 2 aromatic rings. The highest BCUT2D eigenvalue weighted by molar-refractivity contribution is 7.92. The van der Waals surface area contributed by atoms with Crippen LogP contribution in [-0.4, -0.2) is 35.3 Å². The Morgan fingerprint density at radius 2 is 1.74 bits per heavy atom. The highest BCUT2D eigenvalue weighted by Crippen LogP contribution is 2.48. The average Bonchev–Trinajstić information content (AvgIpc) is 3.17. The predicted molar refractivity (Wildman–Crippen MR) is 142 cm³/mol. The van der Waals surface area contributed by atoms with Crippen molar-refractivity contribution in [3.05, 3.63) is 59.7 Å². The van der Waals surface area contributed by atoms with Crippen LogP contribution in [0.15, 0.2) is 53.4 Å². The lowest BCUT2D eigenvalue weighted by Gasteiger charge is -2.44. The molecule has 35 heavy (non-hydrogen) atoms. The maximum Gasteiger partial charge on any atom is 0.264 e. The van der Waals surface area contributed by atoms with Gasteiger partial charge in [-0.25, -0.2) is 8.42 Å². The number of sulfonamides is 1. The van der Waals surface area contributed by atoms with Gasteiger partial charge < -0.3 is 9.74 Å². The molecule has 2 aliphatic rings. The summed E-state index contributed by atoms with van der Waals surface area (Å²) < 4.78 is 36.1. The van der Waals surface area contributed by atoms with Gasteiger partial charge in [0.15, 0.2) is 8.32 Å². The number of nitrogens with one attached hydrogen (secondary N) is 1. The van der Waals surface area contributed by atoms with E-state index in [0.29, 0.717) is 25.1 Å². The molecule has 2 heterocycles. The molecule has 1 amide bonds. The molecule has 2 aliphatic heterocycles. The number of fused-ring (bicyclic) bond motifs is 3.